The molecule has 2 N–H and O–H groups in total. The summed E-state index contributed by atoms with van der Waals surface area (Å²) < 4.78 is 5.61. The standard InChI is InChI=1S/C20H19Cl2N3O2/c1-3-25(4-2)16-6-5-12-7-17(19(23)27-18(12)11-16)20(26)24-15-9-13(21)8-14(22)10-15/h5-11,23H,3-4H2,1-2H3,(H,24,26). The second-order valence-electron chi connectivity index (χ2n) is 6.00. The lowest BCUT2D eigenvalue weighted by molar-refractivity contribution is 0.102. The minimum absolute atomic E-state index is 0.134. The number of amides is 1. The summed E-state index contributed by atoms with van der Waals surface area (Å²) in [5.41, 5.74) is 1.96. The van der Waals surface area contributed by atoms with Crippen LogP contribution in [0.5, 0.6) is 0 Å². The number of nitrogens with zero attached hydrogens (tertiary/aromatic N) is 1. The van der Waals surface area contributed by atoms with Gasteiger partial charge in [0.25, 0.3) is 5.91 Å². The lowest BCUT2D eigenvalue weighted by atomic mass is 10.1. The fourth-order valence-corrected chi connectivity index (χ4v) is 3.42. The highest BCUT2D eigenvalue weighted by Gasteiger charge is 2.13. The minimum Gasteiger partial charge on any atom is -0.438 e. The Morgan fingerprint density at radius 2 is 1.74 bits per heavy atom. The number of carbonyl (C=O) groups is 1. The van der Waals surface area contributed by atoms with Crippen molar-refractivity contribution in [2.75, 3.05) is 23.3 Å². The van der Waals surface area contributed by atoms with Crippen LogP contribution in [0.15, 0.2) is 46.9 Å². The Labute approximate surface area is 167 Å². The molecule has 0 saturated carbocycles. The Hall–Kier alpha value is -2.50. The molecule has 0 saturated heterocycles. The molecule has 0 aliphatic rings. The van der Waals surface area contributed by atoms with E-state index in [2.05, 4.69) is 24.1 Å². The highest BCUT2D eigenvalue weighted by Crippen LogP contribution is 2.24. The summed E-state index contributed by atoms with van der Waals surface area (Å²) in [5.74, 6) is -0.461. The van der Waals surface area contributed by atoms with Gasteiger partial charge in [0.05, 0.1) is 0 Å². The third-order valence-electron chi connectivity index (χ3n) is 4.25. The van der Waals surface area contributed by atoms with Crippen molar-refractivity contribution in [2.45, 2.75) is 13.8 Å². The van der Waals surface area contributed by atoms with Crippen LogP contribution < -0.4 is 15.8 Å². The van der Waals surface area contributed by atoms with E-state index in [0.717, 1.165) is 24.2 Å². The van der Waals surface area contributed by atoms with E-state index >= 15 is 0 Å². The summed E-state index contributed by atoms with van der Waals surface area (Å²) >= 11 is 11.9. The molecule has 0 atom stereocenters. The molecular formula is C20H19Cl2N3O2. The van der Waals surface area contributed by atoms with Gasteiger partial charge < -0.3 is 14.6 Å². The van der Waals surface area contributed by atoms with Crippen LogP contribution in [0, 0.1) is 5.41 Å². The molecule has 27 heavy (non-hydrogen) atoms. The Balaban J connectivity index is 1.95. The number of hydrogen-bond acceptors (Lipinski definition) is 4. The molecule has 0 fully saturated rings. The van der Waals surface area contributed by atoms with E-state index in [4.69, 9.17) is 33.0 Å². The highest BCUT2D eigenvalue weighted by molar-refractivity contribution is 6.35. The normalized spacial score (nSPS) is 10.8. The molecule has 2 aromatic carbocycles. The maximum absolute atomic E-state index is 12.6. The Morgan fingerprint density at radius 1 is 1.07 bits per heavy atom. The first-order valence-corrected chi connectivity index (χ1v) is 9.31. The molecule has 3 aromatic rings. The number of anilines is 2. The van der Waals surface area contributed by atoms with Crippen molar-refractivity contribution in [3.63, 3.8) is 0 Å². The van der Waals surface area contributed by atoms with Crippen molar-refractivity contribution in [2.24, 2.45) is 0 Å². The second-order valence-corrected chi connectivity index (χ2v) is 6.87. The molecule has 0 radical (unpaired) electrons. The van der Waals surface area contributed by atoms with Crippen molar-refractivity contribution < 1.29 is 9.21 Å². The molecule has 1 amide bonds. The molecule has 5 nitrogen and oxygen atoms in total. The Bertz CT molecular complexity index is 1040. The first-order chi connectivity index (χ1) is 12.9. The van der Waals surface area contributed by atoms with Crippen LogP contribution in [-0.2, 0) is 0 Å². The van der Waals surface area contributed by atoms with Gasteiger partial charge in [0.2, 0.25) is 5.55 Å². The molecule has 0 unspecified atom stereocenters. The number of rotatable bonds is 5. The predicted molar refractivity (Wildman–Crippen MR) is 110 cm³/mol. The first-order valence-electron chi connectivity index (χ1n) is 8.56. The fraction of sp³-hybridized carbons (Fsp3) is 0.200. The van der Waals surface area contributed by atoms with Crippen LogP contribution in [-0.4, -0.2) is 19.0 Å². The summed E-state index contributed by atoms with van der Waals surface area (Å²) in [6.07, 6.45) is 0. The second kappa shape index (κ2) is 8.03. The van der Waals surface area contributed by atoms with Gasteiger partial charge in [-0.25, -0.2) is 0 Å². The van der Waals surface area contributed by atoms with Gasteiger partial charge in [-0.05, 0) is 50.2 Å². The predicted octanol–water partition coefficient (Wildman–Crippen LogP) is 5.32. The summed E-state index contributed by atoms with van der Waals surface area (Å²) in [5, 5.41) is 12.4. The van der Waals surface area contributed by atoms with Crippen LogP contribution in [0.1, 0.15) is 24.2 Å². The fourth-order valence-electron chi connectivity index (χ4n) is 2.90. The smallest absolute Gasteiger partial charge is 0.261 e. The van der Waals surface area contributed by atoms with Crippen LogP contribution in [0.4, 0.5) is 11.4 Å². The van der Waals surface area contributed by atoms with Crippen LogP contribution in [0.2, 0.25) is 10.0 Å². The van der Waals surface area contributed by atoms with Gasteiger partial charge in [0.1, 0.15) is 11.1 Å². The summed E-state index contributed by atoms with van der Waals surface area (Å²) in [4.78, 5) is 14.8. The van der Waals surface area contributed by atoms with Crippen LogP contribution >= 0.6 is 23.2 Å². The van der Waals surface area contributed by atoms with E-state index in [1.54, 1.807) is 24.3 Å². The number of nitrogens with one attached hydrogen (secondary N) is 2. The molecule has 140 valence electrons. The maximum atomic E-state index is 12.6. The van der Waals surface area contributed by atoms with E-state index in [1.807, 2.05) is 18.2 Å². The third-order valence-corrected chi connectivity index (χ3v) is 4.68. The number of hydrogen-bond donors (Lipinski definition) is 2. The van der Waals surface area contributed by atoms with Crippen molar-refractivity contribution in [1.29, 1.82) is 5.41 Å². The van der Waals surface area contributed by atoms with Gasteiger partial charge in [-0.3, -0.25) is 10.2 Å². The van der Waals surface area contributed by atoms with E-state index in [0.29, 0.717) is 21.3 Å². The van der Waals surface area contributed by atoms with E-state index in [9.17, 15) is 4.79 Å². The zero-order chi connectivity index (χ0) is 19.6. The quantitative estimate of drug-likeness (QED) is 0.605. The van der Waals surface area contributed by atoms with Crippen molar-refractivity contribution >= 4 is 51.5 Å². The highest BCUT2D eigenvalue weighted by atomic mass is 35.5. The molecule has 0 aliphatic carbocycles. The zero-order valence-electron chi connectivity index (χ0n) is 15.0. The summed E-state index contributed by atoms with van der Waals surface area (Å²) in [6, 6.07) is 12.2. The van der Waals surface area contributed by atoms with Gasteiger partial charge in [-0.1, -0.05) is 23.2 Å². The van der Waals surface area contributed by atoms with E-state index in [-0.39, 0.29) is 11.1 Å². The zero-order valence-corrected chi connectivity index (χ0v) is 16.5. The van der Waals surface area contributed by atoms with Crippen molar-refractivity contribution in [1.82, 2.24) is 0 Å². The van der Waals surface area contributed by atoms with Crippen LogP contribution in [0.25, 0.3) is 11.0 Å². The molecular weight excluding hydrogens is 385 g/mol. The van der Waals surface area contributed by atoms with Gasteiger partial charge in [-0.2, -0.15) is 0 Å². The summed E-state index contributed by atoms with van der Waals surface area (Å²) in [6.45, 7) is 5.91. The molecule has 0 aliphatic heterocycles. The number of benzene rings is 2. The Kier molecular flexibility index (Phi) is 5.73. The molecule has 0 spiro atoms. The van der Waals surface area contributed by atoms with Crippen LogP contribution in [0.3, 0.4) is 0 Å². The van der Waals surface area contributed by atoms with Crippen molar-refractivity contribution in [3.8, 4) is 0 Å². The lowest BCUT2D eigenvalue weighted by Crippen LogP contribution is -2.22. The molecule has 1 heterocycles. The van der Waals surface area contributed by atoms with E-state index in [1.165, 1.54) is 0 Å². The molecule has 7 heteroatoms. The number of carbonyl (C=O) groups excluding carboxylic acids is 1. The molecule has 1 aromatic heterocycles. The maximum Gasteiger partial charge on any atom is 0.261 e. The first kappa shape index (κ1) is 19.3. The topological polar surface area (TPSA) is 69.3 Å². The summed E-state index contributed by atoms with van der Waals surface area (Å²) in [7, 11) is 0. The third kappa shape index (κ3) is 4.26. The van der Waals surface area contributed by atoms with Gasteiger partial charge >= 0.3 is 0 Å². The number of fused-ring (bicyclic) bond motifs is 1. The van der Waals surface area contributed by atoms with Crippen molar-refractivity contribution in [3.05, 3.63) is 63.6 Å². The monoisotopic (exact) mass is 403 g/mol. The number of halogens is 2. The van der Waals surface area contributed by atoms with Gasteiger partial charge in [0.15, 0.2) is 0 Å². The average Bonchev–Trinajstić information content (AvgIpc) is 2.61. The van der Waals surface area contributed by atoms with Gasteiger partial charge in [0, 0.05) is 46.0 Å². The molecule has 3 rings (SSSR count). The average molecular weight is 404 g/mol. The lowest BCUT2D eigenvalue weighted by Gasteiger charge is -2.21. The van der Waals surface area contributed by atoms with Gasteiger partial charge in [-0.15, -0.1) is 0 Å². The van der Waals surface area contributed by atoms with E-state index < -0.39 is 5.91 Å². The largest absolute Gasteiger partial charge is 0.438 e. The Morgan fingerprint density at radius 3 is 2.37 bits per heavy atom. The molecule has 0 bridgehead atoms. The minimum atomic E-state index is -0.461. The SMILES string of the molecule is CCN(CC)c1ccc2cc(C(=O)Nc3cc(Cl)cc(Cl)c3)c(=N)oc2c1.